The zero-order chi connectivity index (χ0) is 12.0. The van der Waals surface area contributed by atoms with Gasteiger partial charge in [0.15, 0.2) is 0 Å². The molecule has 0 saturated carbocycles. The number of benzene rings is 1. The van der Waals surface area contributed by atoms with Crippen molar-refractivity contribution in [3.63, 3.8) is 0 Å². The van der Waals surface area contributed by atoms with E-state index >= 15 is 0 Å². The first-order valence-electron chi connectivity index (χ1n) is 5.55. The van der Waals surface area contributed by atoms with Crippen LogP contribution in [0.5, 0.6) is 0 Å². The summed E-state index contributed by atoms with van der Waals surface area (Å²) in [6.45, 7) is 5.26. The molecule has 0 unspecified atom stereocenters. The van der Waals surface area contributed by atoms with Gasteiger partial charge >= 0.3 is 0 Å². The van der Waals surface area contributed by atoms with Crippen LogP contribution in [-0.4, -0.2) is 6.54 Å². The second-order valence-corrected chi connectivity index (χ2v) is 4.03. The van der Waals surface area contributed by atoms with Gasteiger partial charge in [0.2, 0.25) is 0 Å². The molecule has 0 amide bonds. The number of hydrogen-bond acceptors (Lipinski definition) is 1. The van der Waals surface area contributed by atoms with Crippen LogP contribution in [0.3, 0.4) is 0 Å². The minimum Gasteiger partial charge on any atom is -0.313 e. The lowest BCUT2D eigenvalue weighted by Gasteiger charge is -2.07. The molecule has 0 heterocycles. The monoisotopic (exact) mass is 219 g/mol. The molecule has 1 aromatic rings. The van der Waals surface area contributed by atoms with Crippen LogP contribution in [0.25, 0.3) is 0 Å². The second-order valence-electron chi connectivity index (χ2n) is 4.03. The van der Waals surface area contributed by atoms with Gasteiger partial charge in [-0.2, -0.15) is 0 Å². The summed E-state index contributed by atoms with van der Waals surface area (Å²) in [7, 11) is 0. The lowest BCUT2D eigenvalue weighted by Crippen LogP contribution is -2.14. The Balaban J connectivity index is 2.46. The Morgan fingerprint density at radius 1 is 1.31 bits per heavy atom. The van der Waals surface area contributed by atoms with Crippen LogP contribution in [0.15, 0.2) is 12.1 Å². The fourth-order valence-electron chi connectivity index (χ4n) is 1.69. The van der Waals surface area contributed by atoms with Crippen molar-refractivity contribution in [2.24, 2.45) is 0 Å². The molecule has 0 aliphatic carbocycles. The van der Waals surface area contributed by atoms with E-state index in [4.69, 9.17) is 6.42 Å². The lowest BCUT2D eigenvalue weighted by molar-refractivity contribution is 0.605. The third-order valence-corrected chi connectivity index (χ3v) is 2.50. The van der Waals surface area contributed by atoms with Crippen molar-refractivity contribution in [3.8, 4) is 12.3 Å². The average Bonchev–Trinajstić information content (AvgIpc) is 2.25. The summed E-state index contributed by atoms with van der Waals surface area (Å²) in [5.74, 6) is 2.50. The average molecular weight is 219 g/mol. The SMILES string of the molecule is C#CCCCNCc1cc(C)c(F)c(C)c1. The first kappa shape index (κ1) is 12.7. The molecule has 0 aromatic heterocycles. The van der Waals surface area contributed by atoms with Crippen molar-refractivity contribution in [2.75, 3.05) is 6.54 Å². The molecule has 0 aliphatic heterocycles. The van der Waals surface area contributed by atoms with E-state index < -0.39 is 0 Å². The first-order valence-corrected chi connectivity index (χ1v) is 5.55. The highest BCUT2D eigenvalue weighted by molar-refractivity contribution is 5.30. The third kappa shape index (κ3) is 3.67. The van der Waals surface area contributed by atoms with Crippen LogP contribution in [0.1, 0.15) is 29.5 Å². The van der Waals surface area contributed by atoms with Crippen molar-refractivity contribution >= 4 is 0 Å². The number of hydrogen-bond donors (Lipinski definition) is 1. The van der Waals surface area contributed by atoms with E-state index in [0.29, 0.717) is 11.1 Å². The molecule has 2 heteroatoms. The predicted molar refractivity (Wildman–Crippen MR) is 65.6 cm³/mol. The van der Waals surface area contributed by atoms with Gasteiger partial charge < -0.3 is 5.32 Å². The Labute approximate surface area is 97.1 Å². The predicted octanol–water partition coefficient (Wildman–Crippen LogP) is 2.95. The van der Waals surface area contributed by atoms with E-state index in [-0.39, 0.29) is 5.82 Å². The van der Waals surface area contributed by atoms with E-state index in [2.05, 4.69) is 11.2 Å². The van der Waals surface area contributed by atoms with Gasteiger partial charge in [0.05, 0.1) is 0 Å². The Morgan fingerprint density at radius 3 is 2.50 bits per heavy atom. The minimum absolute atomic E-state index is 0.101. The summed E-state index contributed by atoms with van der Waals surface area (Å²) in [6.07, 6.45) is 6.94. The fourth-order valence-corrected chi connectivity index (χ4v) is 1.69. The van der Waals surface area contributed by atoms with Crippen molar-refractivity contribution in [3.05, 3.63) is 34.6 Å². The summed E-state index contributed by atoms with van der Waals surface area (Å²) in [6, 6.07) is 3.77. The maximum atomic E-state index is 13.4. The number of nitrogens with one attached hydrogen (secondary N) is 1. The van der Waals surface area contributed by atoms with Crippen molar-refractivity contribution in [1.29, 1.82) is 0 Å². The summed E-state index contributed by atoms with van der Waals surface area (Å²) in [5.41, 5.74) is 2.54. The molecule has 1 rings (SSSR count). The normalized spacial score (nSPS) is 10.1. The summed E-state index contributed by atoms with van der Waals surface area (Å²) in [5, 5.41) is 3.29. The minimum atomic E-state index is -0.101. The van der Waals surface area contributed by atoms with Gasteiger partial charge in [0.25, 0.3) is 0 Å². The van der Waals surface area contributed by atoms with E-state index in [1.54, 1.807) is 13.8 Å². The number of halogens is 1. The van der Waals surface area contributed by atoms with E-state index in [0.717, 1.165) is 31.5 Å². The molecule has 1 nitrogen and oxygen atoms in total. The number of rotatable bonds is 5. The molecular weight excluding hydrogens is 201 g/mol. The highest BCUT2D eigenvalue weighted by Gasteiger charge is 2.03. The molecule has 0 saturated heterocycles. The maximum Gasteiger partial charge on any atom is 0.129 e. The third-order valence-electron chi connectivity index (χ3n) is 2.50. The Hall–Kier alpha value is -1.33. The zero-order valence-electron chi connectivity index (χ0n) is 9.94. The fraction of sp³-hybridized carbons (Fsp3) is 0.429. The Kier molecular flexibility index (Phi) is 5.01. The van der Waals surface area contributed by atoms with Gasteiger partial charge in [-0.05, 0) is 43.5 Å². The van der Waals surface area contributed by atoms with E-state index in [1.165, 1.54) is 0 Å². The van der Waals surface area contributed by atoms with Crippen molar-refractivity contribution in [2.45, 2.75) is 33.2 Å². The molecule has 0 radical (unpaired) electrons. The quantitative estimate of drug-likeness (QED) is 0.593. The highest BCUT2D eigenvalue weighted by atomic mass is 19.1. The highest BCUT2D eigenvalue weighted by Crippen LogP contribution is 2.14. The molecule has 0 bridgehead atoms. The summed E-state index contributed by atoms with van der Waals surface area (Å²) in [4.78, 5) is 0. The van der Waals surface area contributed by atoms with Crippen molar-refractivity contribution in [1.82, 2.24) is 5.32 Å². The molecule has 86 valence electrons. The molecule has 0 fully saturated rings. The van der Waals surface area contributed by atoms with Crippen LogP contribution in [0.2, 0.25) is 0 Å². The number of aryl methyl sites for hydroxylation is 2. The topological polar surface area (TPSA) is 12.0 Å². The molecule has 16 heavy (non-hydrogen) atoms. The number of terminal acetylenes is 1. The van der Waals surface area contributed by atoms with Crippen LogP contribution in [0, 0.1) is 32.0 Å². The van der Waals surface area contributed by atoms with Crippen LogP contribution < -0.4 is 5.32 Å². The van der Waals surface area contributed by atoms with Crippen LogP contribution >= 0.6 is 0 Å². The largest absolute Gasteiger partial charge is 0.313 e. The summed E-state index contributed by atoms with van der Waals surface area (Å²) >= 11 is 0. The maximum absolute atomic E-state index is 13.4. The standard InChI is InChI=1S/C14H18FN/c1-4-5-6-7-16-10-13-8-11(2)14(15)12(3)9-13/h1,8-9,16H,5-7,10H2,2-3H3. The molecule has 1 N–H and O–H groups in total. The van der Waals surface area contributed by atoms with Crippen molar-refractivity contribution < 1.29 is 4.39 Å². The summed E-state index contributed by atoms with van der Waals surface area (Å²) < 4.78 is 13.4. The van der Waals surface area contributed by atoms with Crippen LogP contribution in [0.4, 0.5) is 4.39 Å². The van der Waals surface area contributed by atoms with Gasteiger partial charge in [0, 0.05) is 13.0 Å². The van der Waals surface area contributed by atoms with Gasteiger partial charge in [-0.15, -0.1) is 12.3 Å². The van der Waals surface area contributed by atoms with E-state index in [1.807, 2.05) is 12.1 Å². The number of unbranched alkanes of at least 4 members (excludes halogenated alkanes) is 1. The Bertz CT molecular complexity index is 367. The van der Waals surface area contributed by atoms with Gasteiger partial charge in [-0.1, -0.05) is 12.1 Å². The van der Waals surface area contributed by atoms with E-state index in [9.17, 15) is 4.39 Å². The zero-order valence-corrected chi connectivity index (χ0v) is 9.94. The molecule has 1 aromatic carbocycles. The smallest absolute Gasteiger partial charge is 0.129 e. The lowest BCUT2D eigenvalue weighted by atomic mass is 10.1. The van der Waals surface area contributed by atoms with Gasteiger partial charge in [0.1, 0.15) is 5.82 Å². The molecule has 0 aliphatic rings. The molecule has 0 spiro atoms. The van der Waals surface area contributed by atoms with Gasteiger partial charge in [-0.3, -0.25) is 0 Å². The second kappa shape index (κ2) is 6.30. The first-order chi connectivity index (χ1) is 7.65. The van der Waals surface area contributed by atoms with Crippen LogP contribution in [-0.2, 0) is 6.54 Å². The molecule has 0 atom stereocenters. The Morgan fingerprint density at radius 2 is 1.94 bits per heavy atom. The molecular formula is C14H18FN. The van der Waals surface area contributed by atoms with Gasteiger partial charge in [-0.25, -0.2) is 4.39 Å².